The summed E-state index contributed by atoms with van der Waals surface area (Å²) in [6.45, 7) is 1.76. The summed E-state index contributed by atoms with van der Waals surface area (Å²) in [5.41, 5.74) is 4.11. The van der Waals surface area contributed by atoms with E-state index in [2.05, 4.69) is 20.8 Å². The van der Waals surface area contributed by atoms with Gasteiger partial charge in [0.2, 0.25) is 0 Å². The summed E-state index contributed by atoms with van der Waals surface area (Å²) >= 11 is 1.55. The number of nitrogens with one attached hydrogen (secondary N) is 1. The lowest BCUT2D eigenvalue weighted by molar-refractivity contribution is -0.124. The Morgan fingerprint density at radius 2 is 2.24 bits per heavy atom. The van der Waals surface area contributed by atoms with Crippen molar-refractivity contribution < 1.29 is 4.79 Å². The first-order valence-corrected chi connectivity index (χ1v) is 7.30. The molecule has 3 rings (SSSR count). The lowest BCUT2D eigenvalue weighted by Gasteiger charge is -2.10. The monoisotopic (exact) mass is 299 g/mol. The van der Waals surface area contributed by atoms with Crippen LogP contribution in [-0.4, -0.2) is 27.1 Å². The first-order chi connectivity index (χ1) is 10.3. The normalized spacial score (nSPS) is 12.8. The van der Waals surface area contributed by atoms with Gasteiger partial charge in [0.1, 0.15) is 11.6 Å². The fourth-order valence-electron chi connectivity index (χ4n) is 1.90. The van der Waals surface area contributed by atoms with Crippen molar-refractivity contribution >= 4 is 34.5 Å². The number of carbonyl (C=O) groups excluding carboxylic acids is 1. The van der Waals surface area contributed by atoms with Crippen molar-refractivity contribution in [1.29, 1.82) is 0 Å². The number of benzene rings is 1. The van der Waals surface area contributed by atoms with Crippen LogP contribution in [0.15, 0.2) is 46.9 Å². The standard InChI is InChI=1S/C14H13N5OS/c1-10(14(20)17-15-9-11-5-4-8-21-11)19-13-7-3-2-6-12(13)16-18-19/h2-10H,1H3,(H,17,20)/b15-9+. The Morgan fingerprint density at radius 3 is 3.05 bits per heavy atom. The summed E-state index contributed by atoms with van der Waals surface area (Å²) < 4.78 is 1.59. The average molecular weight is 299 g/mol. The SMILES string of the molecule is CC(C(=O)N/N=C/c1cccs1)n1nnc2ccccc21. The first kappa shape index (κ1) is 13.4. The molecular weight excluding hydrogens is 286 g/mol. The van der Waals surface area contributed by atoms with Crippen molar-refractivity contribution in [2.24, 2.45) is 5.10 Å². The zero-order valence-electron chi connectivity index (χ0n) is 11.3. The highest BCUT2D eigenvalue weighted by atomic mass is 32.1. The number of rotatable bonds is 4. The maximum atomic E-state index is 12.1. The zero-order valence-corrected chi connectivity index (χ0v) is 12.1. The van der Waals surface area contributed by atoms with Crippen LogP contribution in [0.1, 0.15) is 17.8 Å². The number of fused-ring (bicyclic) bond motifs is 1. The Hall–Kier alpha value is -2.54. The van der Waals surface area contributed by atoms with E-state index in [9.17, 15) is 4.79 Å². The summed E-state index contributed by atoms with van der Waals surface area (Å²) in [6, 6.07) is 10.9. The Morgan fingerprint density at radius 1 is 1.38 bits per heavy atom. The van der Waals surface area contributed by atoms with Crippen LogP contribution >= 0.6 is 11.3 Å². The van der Waals surface area contributed by atoms with Crippen LogP contribution in [0.25, 0.3) is 11.0 Å². The van der Waals surface area contributed by atoms with E-state index in [1.165, 1.54) is 0 Å². The number of carbonyl (C=O) groups is 1. The molecule has 1 aromatic carbocycles. The molecule has 0 aliphatic heterocycles. The minimum absolute atomic E-state index is 0.238. The maximum Gasteiger partial charge on any atom is 0.264 e. The van der Waals surface area contributed by atoms with Gasteiger partial charge >= 0.3 is 0 Å². The molecule has 0 saturated carbocycles. The lowest BCUT2D eigenvalue weighted by atomic mass is 10.3. The molecule has 1 atom stereocenters. The highest BCUT2D eigenvalue weighted by Crippen LogP contribution is 2.15. The summed E-state index contributed by atoms with van der Waals surface area (Å²) in [6.07, 6.45) is 1.62. The molecule has 3 aromatic rings. The van der Waals surface area contributed by atoms with E-state index in [1.54, 1.807) is 29.2 Å². The molecule has 1 amide bonds. The highest BCUT2D eigenvalue weighted by molar-refractivity contribution is 7.11. The second-order valence-electron chi connectivity index (χ2n) is 4.45. The Labute approximate surface area is 125 Å². The van der Waals surface area contributed by atoms with Crippen LogP contribution in [-0.2, 0) is 4.79 Å². The molecule has 2 heterocycles. The van der Waals surface area contributed by atoms with Crippen LogP contribution in [0.2, 0.25) is 0 Å². The lowest BCUT2D eigenvalue weighted by Crippen LogP contribution is -2.28. The quantitative estimate of drug-likeness (QED) is 0.593. The minimum Gasteiger partial charge on any atom is -0.271 e. The third-order valence-electron chi connectivity index (χ3n) is 3.03. The van der Waals surface area contributed by atoms with Gasteiger partial charge in [0, 0.05) is 4.88 Å². The van der Waals surface area contributed by atoms with Crippen molar-refractivity contribution in [3.8, 4) is 0 Å². The molecule has 0 fully saturated rings. The highest BCUT2D eigenvalue weighted by Gasteiger charge is 2.17. The third-order valence-corrected chi connectivity index (χ3v) is 3.84. The number of para-hydroxylation sites is 1. The maximum absolute atomic E-state index is 12.1. The number of hydrogen-bond donors (Lipinski definition) is 1. The molecule has 2 aromatic heterocycles. The van der Waals surface area contributed by atoms with Gasteiger partial charge in [0.05, 0.1) is 11.7 Å². The van der Waals surface area contributed by atoms with Crippen molar-refractivity contribution in [3.05, 3.63) is 46.7 Å². The predicted octanol–water partition coefficient (Wildman–Crippen LogP) is 2.20. The Bertz CT molecular complexity index is 778. The van der Waals surface area contributed by atoms with Gasteiger partial charge in [-0.15, -0.1) is 16.4 Å². The van der Waals surface area contributed by atoms with Crippen LogP contribution in [0, 0.1) is 0 Å². The summed E-state index contributed by atoms with van der Waals surface area (Å²) in [4.78, 5) is 13.1. The van der Waals surface area contributed by atoms with Gasteiger partial charge in [-0.05, 0) is 30.5 Å². The fourth-order valence-corrected chi connectivity index (χ4v) is 2.49. The van der Waals surface area contributed by atoms with E-state index in [0.717, 1.165) is 15.9 Å². The van der Waals surface area contributed by atoms with E-state index in [-0.39, 0.29) is 5.91 Å². The molecule has 1 unspecified atom stereocenters. The van der Waals surface area contributed by atoms with Gasteiger partial charge in [-0.2, -0.15) is 5.10 Å². The van der Waals surface area contributed by atoms with Crippen molar-refractivity contribution in [2.45, 2.75) is 13.0 Å². The molecule has 7 heteroatoms. The van der Waals surface area contributed by atoms with E-state index in [0.29, 0.717) is 0 Å². The topological polar surface area (TPSA) is 72.2 Å². The molecule has 106 valence electrons. The molecule has 0 radical (unpaired) electrons. The van der Waals surface area contributed by atoms with Gasteiger partial charge in [-0.25, -0.2) is 10.1 Å². The Balaban J connectivity index is 1.72. The molecule has 0 spiro atoms. The van der Waals surface area contributed by atoms with E-state index < -0.39 is 6.04 Å². The van der Waals surface area contributed by atoms with Crippen LogP contribution in [0.4, 0.5) is 0 Å². The largest absolute Gasteiger partial charge is 0.271 e. The molecule has 1 N–H and O–H groups in total. The zero-order chi connectivity index (χ0) is 14.7. The van der Waals surface area contributed by atoms with Gasteiger partial charge in [0.15, 0.2) is 0 Å². The third kappa shape index (κ3) is 2.82. The van der Waals surface area contributed by atoms with Crippen LogP contribution in [0.5, 0.6) is 0 Å². The second kappa shape index (κ2) is 5.84. The number of nitrogens with zero attached hydrogens (tertiary/aromatic N) is 4. The van der Waals surface area contributed by atoms with Gasteiger partial charge < -0.3 is 0 Å². The average Bonchev–Trinajstić information content (AvgIpc) is 3.15. The van der Waals surface area contributed by atoms with Crippen LogP contribution < -0.4 is 5.43 Å². The van der Waals surface area contributed by atoms with Crippen LogP contribution in [0.3, 0.4) is 0 Å². The first-order valence-electron chi connectivity index (χ1n) is 6.42. The molecule has 6 nitrogen and oxygen atoms in total. The smallest absolute Gasteiger partial charge is 0.264 e. The van der Waals surface area contributed by atoms with Gasteiger partial charge in [-0.1, -0.05) is 23.4 Å². The van der Waals surface area contributed by atoms with Crippen molar-refractivity contribution in [2.75, 3.05) is 0 Å². The van der Waals surface area contributed by atoms with E-state index >= 15 is 0 Å². The molecule has 0 bridgehead atoms. The van der Waals surface area contributed by atoms with E-state index in [1.807, 2.05) is 41.8 Å². The fraction of sp³-hybridized carbons (Fsp3) is 0.143. The van der Waals surface area contributed by atoms with Crippen molar-refractivity contribution in [3.63, 3.8) is 0 Å². The molecule has 0 saturated heterocycles. The summed E-state index contributed by atoms with van der Waals surface area (Å²) in [7, 11) is 0. The predicted molar refractivity (Wildman–Crippen MR) is 82.3 cm³/mol. The molecule has 0 aliphatic rings. The second-order valence-corrected chi connectivity index (χ2v) is 5.43. The number of thiophene rings is 1. The number of hydrazone groups is 1. The Kier molecular flexibility index (Phi) is 3.74. The van der Waals surface area contributed by atoms with E-state index in [4.69, 9.17) is 0 Å². The van der Waals surface area contributed by atoms with Crippen molar-refractivity contribution in [1.82, 2.24) is 20.4 Å². The molecule has 0 aliphatic carbocycles. The molecular formula is C14H13N5OS. The van der Waals surface area contributed by atoms with Gasteiger partial charge in [0.25, 0.3) is 5.91 Å². The number of aromatic nitrogens is 3. The summed E-state index contributed by atoms with van der Waals surface area (Å²) in [5, 5.41) is 14.0. The summed E-state index contributed by atoms with van der Waals surface area (Å²) in [5.74, 6) is -0.238. The van der Waals surface area contributed by atoms with Gasteiger partial charge in [-0.3, -0.25) is 4.79 Å². The minimum atomic E-state index is -0.488. The number of amides is 1. The number of hydrogen-bond acceptors (Lipinski definition) is 5. The molecule has 21 heavy (non-hydrogen) atoms.